The zero-order valence-corrected chi connectivity index (χ0v) is 16.5. The molecule has 0 bridgehead atoms. The third-order valence-electron chi connectivity index (χ3n) is 3.16. The van der Waals surface area contributed by atoms with E-state index in [1.807, 2.05) is 20.8 Å². The van der Waals surface area contributed by atoms with Gasteiger partial charge in [0.15, 0.2) is 0 Å². The molecule has 2 atom stereocenters. The number of carbonyl (C=O) groups excluding carboxylic acids is 2. The van der Waals surface area contributed by atoms with Crippen LogP contribution in [0.1, 0.15) is 46.5 Å². The van der Waals surface area contributed by atoms with Crippen molar-refractivity contribution in [1.29, 1.82) is 0 Å². The molecule has 0 rings (SSSR count). The Balaban J connectivity index is 4.67. The Bertz CT molecular complexity index is 389. The summed E-state index contributed by atoms with van der Waals surface area (Å²) in [6, 6.07) is -1.13. The number of alkyl halides is 3. The molecule has 0 radical (unpaired) electrons. The molecule has 0 aliphatic rings. The second kappa shape index (κ2) is 12.0. The van der Waals surface area contributed by atoms with Gasteiger partial charge in [-0.05, 0) is 18.8 Å². The van der Waals surface area contributed by atoms with Crippen molar-refractivity contribution in [3.8, 4) is 0 Å². The van der Waals surface area contributed by atoms with Crippen molar-refractivity contribution in [3.63, 3.8) is 0 Å². The first-order chi connectivity index (χ1) is 11.1. The summed E-state index contributed by atoms with van der Waals surface area (Å²) in [4.78, 5) is 24.2. The van der Waals surface area contributed by atoms with Gasteiger partial charge in [-0.25, -0.2) is 4.79 Å². The van der Waals surface area contributed by atoms with E-state index in [1.165, 1.54) is 0 Å². The number of aliphatic hydroxyl groups excluding tert-OH is 1. The van der Waals surface area contributed by atoms with Crippen LogP contribution in [-0.2, 0) is 9.53 Å². The Morgan fingerprint density at radius 2 is 1.83 bits per heavy atom. The highest BCUT2D eigenvalue weighted by molar-refractivity contribution is 6.67. The smallest absolute Gasteiger partial charge is 0.407 e. The normalized spacial score (nSPS) is 14.2. The van der Waals surface area contributed by atoms with E-state index in [-0.39, 0.29) is 24.5 Å². The minimum atomic E-state index is -1.71. The molecule has 0 saturated heterocycles. The molecule has 0 aromatic rings. The summed E-state index contributed by atoms with van der Waals surface area (Å²) in [5, 5.41) is 14.6. The second-order valence-electron chi connectivity index (χ2n) is 6.05. The number of aliphatic hydroxyl groups is 1. The Morgan fingerprint density at radius 1 is 1.21 bits per heavy atom. The van der Waals surface area contributed by atoms with Gasteiger partial charge in [0.2, 0.25) is 9.70 Å². The summed E-state index contributed by atoms with van der Waals surface area (Å²) in [5.41, 5.74) is 0. The van der Waals surface area contributed by atoms with E-state index in [0.717, 1.165) is 12.8 Å². The summed E-state index contributed by atoms with van der Waals surface area (Å²) in [6.07, 6.45) is 2.10. The number of halogens is 3. The highest BCUT2D eigenvalue weighted by Crippen LogP contribution is 2.25. The quantitative estimate of drug-likeness (QED) is 0.487. The fourth-order valence-corrected chi connectivity index (χ4v) is 2.16. The Hall–Kier alpha value is -0.430. The molecule has 0 unspecified atom stereocenters. The van der Waals surface area contributed by atoms with E-state index in [4.69, 9.17) is 39.5 Å². The zero-order chi connectivity index (χ0) is 18.8. The van der Waals surface area contributed by atoms with Crippen LogP contribution < -0.4 is 10.6 Å². The molecular weight excluding hydrogens is 379 g/mol. The molecule has 0 heterocycles. The fourth-order valence-electron chi connectivity index (χ4n) is 2.00. The molecule has 6 nitrogen and oxygen atoms in total. The van der Waals surface area contributed by atoms with Gasteiger partial charge in [0.05, 0.1) is 12.6 Å². The van der Waals surface area contributed by atoms with Crippen LogP contribution in [0.15, 0.2) is 0 Å². The van der Waals surface area contributed by atoms with Crippen LogP contribution in [-0.4, -0.2) is 46.2 Å². The van der Waals surface area contributed by atoms with Crippen LogP contribution >= 0.6 is 34.8 Å². The standard InChI is InChI=1S/C15H27Cl3N2O4/c1-4-5-6-11(8-21)19-13(22)12(7-10(2)3)20-14(23)24-9-15(16,17)18/h10-12,21H,4-9H2,1-3H3,(H,19,22)(H,20,23)/t11-,12-/m0/s1. The Labute approximate surface area is 158 Å². The first-order valence-electron chi connectivity index (χ1n) is 8.00. The summed E-state index contributed by atoms with van der Waals surface area (Å²) >= 11 is 16.5. The number of hydrogen-bond donors (Lipinski definition) is 3. The summed E-state index contributed by atoms with van der Waals surface area (Å²) in [6.45, 7) is 5.30. The van der Waals surface area contributed by atoms with Gasteiger partial charge in [-0.3, -0.25) is 4.79 Å². The fraction of sp³-hybridized carbons (Fsp3) is 0.867. The number of alkyl carbamates (subject to hydrolysis) is 1. The van der Waals surface area contributed by atoms with Crippen molar-refractivity contribution in [2.24, 2.45) is 5.92 Å². The Morgan fingerprint density at radius 3 is 2.29 bits per heavy atom. The monoisotopic (exact) mass is 404 g/mol. The van der Waals surface area contributed by atoms with E-state index < -0.39 is 22.5 Å². The largest absolute Gasteiger partial charge is 0.445 e. The van der Waals surface area contributed by atoms with E-state index in [0.29, 0.717) is 12.8 Å². The first-order valence-corrected chi connectivity index (χ1v) is 9.13. The number of carbonyl (C=O) groups is 2. The van der Waals surface area contributed by atoms with Gasteiger partial charge in [-0.1, -0.05) is 68.4 Å². The third kappa shape index (κ3) is 12.0. The highest BCUT2D eigenvalue weighted by Gasteiger charge is 2.27. The van der Waals surface area contributed by atoms with Crippen molar-refractivity contribution >= 4 is 46.8 Å². The van der Waals surface area contributed by atoms with Crippen LogP contribution in [0.4, 0.5) is 4.79 Å². The summed E-state index contributed by atoms with van der Waals surface area (Å²) in [7, 11) is 0. The third-order valence-corrected chi connectivity index (χ3v) is 3.48. The van der Waals surface area contributed by atoms with Crippen LogP contribution in [0, 0.1) is 5.92 Å². The van der Waals surface area contributed by atoms with Crippen LogP contribution in [0.5, 0.6) is 0 Å². The van der Waals surface area contributed by atoms with E-state index >= 15 is 0 Å². The first kappa shape index (κ1) is 23.6. The molecule has 142 valence electrons. The van der Waals surface area contributed by atoms with Crippen molar-refractivity contribution < 1.29 is 19.4 Å². The summed E-state index contributed by atoms with van der Waals surface area (Å²) < 4.78 is 3.08. The predicted molar refractivity (Wildman–Crippen MR) is 96.6 cm³/mol. The van der Waals surface area contributed by atoms with Gasteiger partial charge in [0, 0.05) is 0 Å². The molecular formula is C15H27Cl3N2O4. The number of unbranched alkanes of at least 4 members (excludes halogenated alkanes) is 1. The zero-order valence-electron chi connectivity index (χ0n) is 14.3. The van der Waals surface area contributed by atoms with Gasteiger partial charge in [-0.15, -0.1) is 0 Å². The molecule has 0 aromatic heterocycles. The lowest BCUT2D eigenvalue weighted by atomic mass is 10.0. The van der Waals surface area contributed by atoms with Crippen LogP contribution in [0.25, 0.3) is 0 Å². The molecule has 24 heavy (non-hydrogen) atoms. The lowest BCUT2D eigenvalue weighted by Crippen LogP contribution is -2.51. The number of hydrogen-bond acceptors (Lipinski definition) is 4. The van der Waals surface area contributed by atoms with E-state index in [2.05, 4.69) is 10.6 Å². The van der Waals surface area contributed by atoms with Crippen LogP contribution in [0.3, 0.4) is 0 Å². The molecule has 9 heteroatoms. The topological polar surface area (TPSA) is 87.7 Å². The van der Waals surface area contributed by atoms with Crippen molar-refractivity contribution in [2.75, 3.05) is 13.2 Å². The van der Waals surface area contributed by atoms with Crippen molar-refractivity contribution in [3.05, 3.63) is 0 Å². The van der Waals surface area contributed by atoms with Gasteiger partial charge < -0.3 is 20.5 Å². The predicted octanol–water partition coefficient (Wildman–Crippen LogP) is 3.16. The maximum Gasteiger partial charge on any atom is 0.407 e. The minimum absolute atomic E-state index is 0.155. The molecule has 0 saturated carbocycles. The number of ether oxygens (including phenoxy) is 1. The molecule has 0 fully saturated rings. The van der Waals surface area contributed by atoms with Gasteiger partial charge in [0.25, 0.3) is 0 Å². The number of nitrogens with one attached hydrogen (secondary N) is 2. The van der Waals surface area contributed by atoms with E-state index in [1.54, 1.807) is 0 Å². The Kier molecular flexibility index (Phi) is 11.8. The SMILES string of the molecule is CCCC[C@@H](CO)NC(=O)[C@H](CC(C)C)NC(=O)OCC(Cl)(Cl)Cl. The summed E-state index contributed by atoms with van der Waals surface area (Å²) in [5.74, 6) is -0.206. The van der Waals surface area contributed by atoms with Gasteiger partial charge >= 0.3 is 6.09 Å². The molecule has 0 spiro atoms. The second-order valence-corrected chi connectivity index (χ2v) is 8.56. The molecule has 3 N–H and O–H groups in total. The van der Waals surface area contributed by atoms with Crippen molar-refractivity contribution in [2.45, 2.75) is 62.3 Å². The maximum absolute atomic E-state index is 12.4. The lowest BCUT2D eigenvalue weighted by molar-refractivity contribution is -0.124. The van der Waals surface area contributed by atoms with Gasteiger partial charge in [0.1, 0.15) is 12.6 Å². The van der Waals surface area contributed by atoms with Crippen molar-refractivity contribution in [1.82, 2.24) is 10.6 Å². The average Bonchev–Trinajstić information content (AvgIpc) is 2.47. The molecule has 0 aromatic carbocycles. The van der Waals surface area contributed by atoms with Crippen LogP contribution in [0.2, 0.25) is 0 Å². The minimum Gasteiger partial charge on any atom is -0.445 e. The average molecular weight is 406 g/mol. The molecule has 2 amide bonds. The number of rotatable bonds is 10. The maximum atomic E-state index is 12.4. The van der Waals surface area contributed by atoms with E-state index in [9.17, 15) is 14.7 Å². The van der Waals surface area contributed by atoms with Gasteiger partial charge in [-0.2, -0.15) is 0 Å². The molecule has 0 aliphatic heterocycles. The number of amides is 2. The lowest BCUT2D eigenvalue weighted by Gasteiger charge is -2.23. The molecule has 0 aliphatic carbocycles. The highest BCUT2D eigenvalue weighted by atomic mass is 35.6.